The van der Waals surface area contributed by atoms with Gasteiger partial charge in [0.1, 0.15) is 12.1 Å². The zero-order chi connectivity index (χ0) is 29.9. The van der Waals surface area contributed by atoms with E-state index in [0.717, 1.165) is 51.3 Å². The molecule has 1 saturated heterocycles. The van der Waals surface area contributed by atoms with Gasteiger partial charge in [-0.25, -0.2) is 24.2 Å². The van der Waals surface area contributed by atoms with Crippen molar-refractivity contribution in [3.63, 3.8) is 0 Å². The second kappa shape index (κ2) is 14.6. The highest BCUT2D eigenvalue weighted by Crippen LogP contribution is 2.38. The number of fused-ring (bicyclic) bond motifs is 2. The van der Waals surface area contributed by atoms with Crippen molar-refractivity contribution in [1.29, 1.82) is 0 Å². The fourth-order valence-electron chi connectivity index (χ4n) is 4.25. The maximum absolute atomic E-state index is 12.0. The maximum atomic E-state index is 12.0. The number of carbonyl (C=O) groups is 5. The number of carbonyl (C=O) groups excluding carboxylic acids is 1. The molecule has 2 aliphatic heterocycles. The number of hydrogen-bond donors (Lipinski definition) is 5. The smallest absolute Gasteiger partial charge is 0.414 e. The number of hydrogen-bond acceptors (Lipinski definition) is 9. The van der Waals surface area contributed by atoms with Crippen LogP contribution in [-0.2, 0) is 32.1 Å². The van der Waals surface area contributed by atoms with Crippen LogP contribution in [0.1, 0.15) is 39.5 Å². The summed E-state index contributed by atoms with van der Waals surface area (Å²) in [6, 6.07) is 3.95. The van der Waals surface area contributed by atoms with Gasteiger partial charge in [0.15, 0.2) is 0 Å². The Bertz CT molecular complexity index is 1320. The zero-order valence-electron chi connectivity index (χ0n) is 21.7. The minimum atomic E-state index is -1.82. The van der Waals surface area contributed by atoms with Gasteiger partial charge in [-0.1, -0.05) is 5.57 Å². The van der Waals surface area contributed by atoms with E-state index >= 15 is 0 Å². The zero-order valence-corrected chi connectivity index (χ0v) is 22.5. The van der Waals surface area contributed by atoms with E-state index in [1.807, 2.05) is 17.5 Å². The molecule has 0 aromatic carbocycles. The van der Waals surface area contributed by atoms with Crippen LogP contribution in [0, 0.1) is 0 Å². The number of nitrogens with zero attached hydrogens (tertiary/aromatic N) is 3. The summed E-state index contributed by atoms with van der Waals surface area (Å²) in [4.78, 5) is 57.0. The number of nitrogens with one attached hydrogen (secondary N) is 1. The maximum Gasteiger partial charge on any atom is 0.414 e. The largest absolute Gasteiger partial charge is 0.473 e. The summed E-state index contributed by atoms with van der Waals surface area (Å²) in [6.07, 6.45) is 10.2. The number of aromatic nitrogens is 2. The fraction of sp³-hybridized carbons (Fsp3) is 0.308. The van der Waals surface area contributed by atoms with Gasteiger partial charge in [0.25, 0.3) is 5.91 Å². The predicted molar refractivity (Wildman–Crippen MR) is 144 cm³/mol. The van der Waals surface area contributed by atoms with Gasteiger partial charge in [-0.05, 0) is 42.3 Å². The number of aliphatic carboxylic acids is 4. The average molecular weight is 589 g/mol. The Labute approximate surface area is 237 Å². The van der Waals surface area contributed by atoms with Crippen molar-refractivity contribution in [3.05, 3.63) is 69.8 Å². The third-order valence-electron chi connectivity index (χ3n) is 6.21. The van der Waals surface area contributed by atoms with Crippen molar-refractivity contribution in [2.24, 2.45) is 0 Å². The van der Waals surface area contributed by atoms with E-state index in [0.29, 0.717) is 12.1 Å². The fourth-order valence-corrected chi connectivity index (χ4v) is 5.29. The lowest BCUT2D eigenvalue weighted by atomic mass is 9.95. The van der Waals surface area contributed by atoms with Crippen LogP contribution in [0.3, 0.4) is 0 Å². The summed E-state index contributed by atoms with van der Waals surface area (Å²) in [5.41, 5.74) is 4.91. The van der Waals surface area contributed by atoms with Crippen molar-refractivity contribution < 1.29 is 48.8 Å². The first-order chi connectivity index (χ1) is 19.6. The molecule has 5 rings (SSSR count). The topological polar surface area (TPSA) is 212 Å². The molecule has 0 radical (unpaired) electrons. The number of carboxylic acids is 4. The number of rotatable bonds is 4. The van der Waals surface area contributed by atoms with Crippen molar-refractivity contribution in [3.8, 4) is 0 Å². The molecule has 41 heavy (non-hydrogen) atoms. The van der Waals surface area contributed by atoms with E-state index in [-0.39, 0.29) is 5.91 Å². The van der Waals surface area contributed by atoms with Gasteiger partial charge >= 0.3 is 23.9 Å². The molecule has 15 heteroatoms. The minimum absolute atomic E-state index is 0.0749. The van der Waals surface area contributed by atoms with Crippen LogP contribution in [0.15, 0.2) is 52.4 Å². The number of likely N-dealkylation sites (tertiary alicyclic amines) is 1. The van der Waals surface area contributed by atoms with Gasteiger partial charge in [0, 0.05) is 55.6 Å². The first-order valence-electron chi connectivity index (χ1n) is 12.3. The van der Waals surface area contributed by atoms with Crippen LogP contribution in [0.25, 0.3) is 5.57 Å². The van der Waals surface area contributed by atoms with Crippen LogP contribution < -0.4 is 5.32 Å². The Kier molecular flexibility index (Phi) is 10.9. The Morgan fingerprint density at radius 1 is 0.927 bits per heavy atom. The number of aryl methyl sites for hydroxylation is 2. The summed E-state index contributed by atoms with van der Waals surface area (Å²) in [6.45, 7) is 4.54. The van der Waals surface area contributed by atoms with Gasteiger partial charge in [0.2, 0.25) is 0 Å². The summed E-state index contributed by atoms with van der Waals surface area (Å²) >= 11 is 1.84. The number of furan rings is 1. The summed E-state index contributed by atoms with van der Waals surface area (Å²) in [7, 11) is 0. The van der Waals surface area contributed by atoms with E-state index in [4.69, 9.17) is 49.0 Å². The average Bonchev–Trinajstić information content (AvgIpc) is 3.72. The Hall–Kier alpha value is -4.76. The molecule has 0 atom stereocenters. The summed E-state index contributed by atoms with van der Waals surface area (Å²) in [5, 5.41) is 34.7. The molecular weight excluding hydrogens is 560 g/mol. The van der Waals surface area contributed by atoms with Crippen LogP contribution in [0.2, 0.25) is 0 Å². The molecule has 5 N–H and O–H groups in total. The van der Waals surface area contributed by atoms with E-state index in [1.54, 1.807) is 6.07 Å². The molecule has 218 valence electrons. The lowest BCUT2D eigenvalue weighted by Gasteiger charge is -2.29. The monoisotopic (exact) mass is 588 g/mol. The van der Waals surface area contributed by atoms with Gasteiger partial charge in [-0.3, -0.25) is 4.79 Å². The first-order valence-corrected chi connectivity index (χ1v) is 13.2. The van der Waals surface area contributed by atoms with Crippen molar-refractivity contribution in [2.45, 2.75) is 25.8 Å². The third kappa shape index (κ3) is 8.61. The van der Waals surface area contributed by atoms with E-state index in [2.05, 4.69) is 32.4 Å². The molecule has 5 heterocycles. The van der Waals surface area contributed by atoms with Crippen molar-refractivity contribution >= 4 is 46.7 Å². The van der Waals surface area contributed by atoms with Crippen molar-refractivity contribution in [2.75, 3.05) is 26.2 Å². The molecular formula is C26H28N4O10S. The molecule has 14 nitrogen and oxygen atoms in total. The molecule has 0 unspecified atom stereocenters. The third-order valence-corrected chi connectivity index (χ3v) is 7.19. The van der Waals surface area contributed by atoms with Crippen LogP contribution in [-0.4, -0.2) is 90.8 Å². The van der Waals surface area contributed by atoms with Gasteiger partial charge < -0.3 is 39.6 Å². The summed E-state index contributed by atoms with van der Waals surface area (Å²) in [5.74, 6) is -6.24. The number of imidazole rings is 1. The lowest BCUT2D eigenvalue weighted by Crippen LogP contribution is -2.38. The molecule has 2 aliphatic rings. The second-order valence-corrected chi connectivity index (χ2v) is 9.69. The Balaban J connectivity index is 0.000000326. The standard InChI is InChI=1S/C22H24N4O2S.2C2H2O4/c27-22(18-4-13-28-15-18)24-6-11-25-8-1-16(2-9-25)19-20-17(5-14-29-20)3-10-26-12-7-23-21(19)26;2*3-1(4)2(5)6/h4-5,7,12-15H,1-3,6,8-11H2,(H,24,27);2*(H,3,4)(H,5,6). The Morgan fingerprint density at radius 3 is 2.17 bits per heavy atom. The molecule has 0 bridgehead atoms. The molecule has 3 aromatic heterocycles. The normalized spacial score (nSPS) is 14.1. The van der Waals surface area contributed by atoms with Gasteiger partial charge in [0.05, 0.1) is 11.8 Å². The van der Waals surface area contributed by atoms with Crippen LogP contribution >= 0.6 is 11.3 Å². The minimum Gasteiger partial charge on any atom is -0.473 e. The highest BCUT2D eigenvalue weighted by molar-refractivity contribution is 7.11. The SMILES string of the molecule is O=C(NCCN1CCC(=C2c3sccc3CCn3ccnc32)CC1)c1ccoc1.O=C(O)C(=O)O.O=C(O)C(=O)O. The van der Waals surface area contributed by atoms with Crippen LogP contribution in [0.4, 0.5) is 0 Å². The van der Waals surface area contributed by atoms with Gasteiger partial charge in [-0.15, -0.1) is 11.3 Å². The number of amides is 1. The van der Waals surface area contributed by atoms with Gasteiger partial charge in [-0.2, -0.15) is 0 Å². The number of thiophene rings is 1. The van der Waals surface area contributed by atoms with Crippen molar-refractivity contribution in [1.82, 2.24) is 19.8 Å². The highest BCUT2D eigenvalue weighted by Gasteiger charge is 2.25. The molecule has 1 fully saturated rings. The molecule has 0 saturated carbocycles. The molecule has 0 aliphatic carbocycles. The van der Waals surface area contributed by atoms with E-state index in [1.165, 1.54) is 34.1 Å². The predicted octanol–water partition coefficient (Wildman–Crippen LogP) is 1.73. The molecule has 1 amide bonds. The van der Waals surface area contributed by atoms with E-state index in [9.17, 15) is 4.79 Å². The quantitative estimate of drug-likeness (QED) is 0.276. The number of piperidine rings is 1. The first kappa shape index (κ1) is 30.8. The second-order valence-electron chi connectivity index (χ2n) is 8.78. The Morgan fingerprint density at radius 2 is 1.59 bits per heavy atom. The van der Waals surface area contributed by atoms with Crippen LogP contribution in [0.5, 0.6) is 0 Å². The van der Waals surface area contributed by atoms with E-state index < -0.39 is 23.9 Å². The number of carboxylic acid groups (broad SMARTS) is 4. The summed E-state index contributed by atoms with van der Waals surface area (Å²) < 4.78 is 7.26. The lowest BCUT2D eigenvalue weighted by molar-refractivity contribution is -0.159. The highest BCUT2D eigenvalue weighted by atomic mass is 32.1. The molecule has 3 aromatic rings. The molecule has 0 spiro atoms.